The van der Waals surface area contributed by atoms with Crippen LogP contribution in [-0.2, 0) is 24.7 Å². The Bertz CT molecular complexity index is 581. The highest BCUT2D eigenvalue weighted by atomic mass is 32.3. The van der Waals surface area contributed by atoms with Crippen molar-refractivity contribution < 1.29 is 21.6 Å². The first-order valence-electron chi connectivity index (χ1n) is 6.91. The van der Waals surface area contributed by atoms with Crippen LogP contribution in [0, 0.1) is 5.92 Å². The van der Waals surface area contributed by atoms with Crippen molar-refractivity contribution in [3.8, 4) is 0 Å². The minimum Gasteiger partial charge on any atom is -0.299 e. The molecule has 0 aromatic rings. The quantitative estimate of drug-likeness (QED) is 0.753. The number of hydrogen-bond donors (Lipinski definition) is 0. The highest BCUT2D eigenvalue weighted by molar-refractivity contribution is 8.06. The third-order valence-corrected chi connectivity index (χ3v) is 8.11. The molecule has 20 heavy (non-hydrogen) atoms. The zero-order chi connectivity index (χ0) is 15.0. The van der Waals surface area contributed by atoms with Crippen molar-refractivity contribution in [1.82, 2.24) is 4.31 Å². The van der Waals surface area contributed by atoms with Gasteiger partial charge in [0.1, 0.15) is 5.78 Å². The fraction of sp³-hybridized carbons (Fsp3) is 0.917. The topological polar surface area (TPSA) is 88.6 Å². The Balaban J connectivity index is 2.20. The van der Waals surface area contributed by atoms with E-state index in [1.54, 1.807) is 0 Å². The van der Waals surface area contributed by atoms with Gasteiger partial charge in [-0.15, -0.1) is 0 Å². The van der Waals surface area contributed by atoms with Gasteiger partial charge in [-0.05, 0) is 25.7 Å². The van der Waals surface area contributed by atoms with Crippen LogP contribution in [0.5, 0.6) is 0 Å². The third-order valence-electron chi connectivity index (χ3n) is 4.03. The Labute approximate surface area is 120 Å². The van der Waals surface area contributed by atoms with Crippen LogP contribution in [0.15, 0.2) is 0 Å². The monoisotopic (exact) mass is 323 g/mol. The highest BCUT2D eigenvalue weighted by Crippen LogP contribution is 2.34. The van der Waals surface area contributed by atoms with Gasteiger partial charge in [-0.2, -0.15) is 4.31 Å². The molecular weight excluding hydrogens is 302 g/mol. The van der Waals surface area contributed by atoms with Crippen LogP contribution in [0.2, 0.25) is 0 Å². The molecule has 1 aliphatic carbocycles. The Morgan fingerprint density at radius 3 is 2.40 bits per heavy atom. The first-order chi connectivity index (χ1) is 9.21. The number of hydrogen-bond acceptors (Lipinski definition) is 5. The summed E-state index contributed by atoms with van der Waals surface area (Å²) < 4.78 is 48.3. The van der Waals surface area contributed by atoms with Gasteiger partial charge in [0.05, 0.1) is 0 Å². The molecular formula is C12H21NO5S2. The number of nitrogens with zero attached hydrogens (tertiary/aromatic N) is 1. The van der Waals surface area contributed by atoms with Gasteiger partial charge in [-0.25, -0.2) is 16.8 Å². The van der Waals surface area contributed by atoms with Crippen LogP contribution in [0.4, 0.5) is 0 Å². The molecule has 1 saturated heterocycles. The molecule has 0 spiro atoms. The fourth-order valence-electron chi connectivity index (χ4n) is 3.27. The van der Waals surface area contributed by atoms with Crippen LogP contribution in [0.1, 0.15) is 38.5 Å². The summed E-state index contributed by atoms with van der Waals surface area (Å²) in [6, 6.07) is -0.338. The first kappa shape index (κ1) is 15.9. The van der Waals surface area contributed by atoms with Crippen molar-refractivity contribution >= 4 is 25.6 Å². The van der Waals surface area contributed by atoms with E-state index in [0.29, 0.717) is 32.2 Å². The molecule has 1 heterocycles. The predicted molar refractivity (Wildman–Crippen MR) is 75.3 cm³/mol. The smallest absolute Gasteiger partial charge is 0.228 e. The predicted octanol–water partition coefficient (Wildman–Crippen LogP) is 0.542. The number of rotatable bonds is 4. The maximum Gasteiger partial charge on any atom is 0.228 e. The lowest BCUT2D eigenvalue weighted by Crippen LogP contribution is -2.45. The van der Waals surface area contributed by atoms with E-state index in [1.165, 1.54) is 4.31 Å². The lowest BCUT2D eigenvalue weighted by atomic mass is 9.82. The Kier molecular flexibility index (Phi) is 4.56. The van der Waals surface area contributed by atoms with E-state index < -0.39 is 24.9 Å². The van der Waals surface area contributed by atoms with Crippen LogP contribution in [0.25, 0.3) is 0 Å². The number of carbonyl (C=O) groups excluding carboxylic acids is 1. The molecule has 1 aliphatic heterocycles. The van der Waals surface area contributed by atoms with Crippen LogP contribution < -0.4 is 0 Å². The van der Waals surface area contributed by atoms with E-state index in [0.717, 1.165) is 19.1 Å². The maximum atomic E-state index is 12.2. The van der Waals surface area contributed by atoms with Gasteiger partial charge < -0.3 is 0 Å². The van der Waals surface area contributed by atoms with E-state index in [9.17, 15) is 21.6 Å². The average Bonchev–Trinajstić information content (AvgIpc) is 2.75. The molecule has 2 atom stereocenters. The van der Waals surface area contributed by atoms with Gasteiger partial charge in [0.15, 0.2) is 14.9 Å². The Morgan fingerprint density at radius 2 is 1.80 bits per heavy atom. The first-order valence-corrected chi connectivity index (χ1v) is 10.6. The van der Waals surface area contributed by atoms with Gasteiger partial charge in [0.2, 0.25) is 10.0 Å². The molecule has 8 heteroatoms. The summed E-state index contributed by atoms with van der Waals surface area (Å²) in [6.07, 6.45) is 5.30. The molecule has 2 aliphatic rings. The lowest BCUT2D eigenvalue weighted by Gasteiger charge is -2.32. The van der Waals surface area contributed by atoms with Gasteiger partial charge in [-0.3, -0.25) is 4.79 Å². The number of sulfonamides is 1. The summed E-state index contributed by atoms with van der Waals surface area (Å²) in [6.45, 7) is 0.326. The van der Waals surface area contributed by atoms with Crippen molar-refractivity contribution in [3.63, 3.8) is 0 Å². The summed E-state index contributed by atoms with van der Waals surface area (Å²) in [7, 11) is -7.45. The molecule has 6 nitrogen and oxygen atoms in total. The van der Waals surface area contributed by atoms with Crippen molar-refractivity contribution in [3.05, 3.63) is 0 Å². The molecule has 116 valence electrons. The SMILES string of the molecule is CS(=O)(=O)CS(=O)(=O)N1CCCC1C1CCCCC1=O. The average molecular weight is 323 g/mol. The lowest BCUT2D eigenvalue weighted by molar-refractivity contribution is -0.126. The Morgan fingerprint density at radius 1 is 1.10 bits per heavy atom. The Hall–Kier alpha value is -0.470. The molecule has 0 bridgehead atoms. The number of Topliss-reactive ketones (excluding diaryl/α,β-unsaturated/α-hetero) is 1. The summed E-state index contributed by atoms with van der Waals surface area (Å²) in [5.41, 5.74) is 0. The maximum absolute atomic E-state index is 12.2. The number of carbonyl (C=O) groups is 1. The standard InChI is InChI=1S/C12H21NO5S2/c1-19(15,16)9-20(17,18)13-8-4-6-11(13)10-5-2-3-7-12(10)14/h10-11H,2-9H2,1H3. The molecule has 0 N–H and O–H groups in total. The van der Waals surface area contributed by atoms with Crippen molar-refractivity contribution in [2.24, 2.45) is 5.92 Å². The molecule has 2 fully saturated rings. The molecule has 0 aromatic carbocycles. The number of ketones is 1. The third kappa shape index (κ3) is 3.59. The van der Waals surface area contributed by atoms with E-state index in [1.807, 2.05) is 0 Å². The van der Waals surface area contributed by atoms with Gasteiger partial charge in [0, 0.05) is 31.2 Å². The largest absolute Gasteiger partial charge is 0.299 e. The zero-order valence-corrected chi connectivity index (χ0v) is 13.2. The van der Waals surface area contributed by atoms with Crippen molar-refractivity contribution in [2.45, 2.75) is 44.6 Å². The zero-order valence-electron chi connectivity index (χ0n) is 11.6. The second-order valence-electron chi connectivity index (χ2n) is 5.79. The van der Waals surface area contributed by atoms with E-state index in [4.69, 9.17) is 0 Å². The molecule has 2 unspecified atom stereocenters. The summed E-state index contributed by atoms with van der Waals surface area (Å²) >= 11 is 0. The van der Waals surface area contributed by atoms with Crippen LogP contribution in [0.3, 0.4) is 0 Å². The summed E-state index contributed by atoms with van der Waals surface area (Å²) in [5.74, 6) is -0.122. The van der Waals surface area contributed by atoms with Crippen molar-refractivity contribution in [2.75, 3.05) is 17.9 Å². The highest BCUT2D eigenvalue weighted by Gasteiger charge is 2.42. The van der Waals surface area contributed by atoms with Crippen LogP contribution in [-0.4, -0.2) is 50.9 Å². The second-order valence-corrected chi connectivity index (χ2v) is 10.2. The minimum absolute atomic E-state index is 0.128. The molecule has 2 rings (SSSR count). The van der Waals surface area contributed by atoms with Crippen LogP contribution >= 0.6 is 0 Å². The van der Waals surface area contributed by atoms with Gasteiger partial charge in [-0.1, -0.05) is 6.42 Å². The molecule has 1 saturated carbocycles. The minimum atomic E-state index is -3.85. The second kappa shape index (κ2) is 5.73. The van der Waals surface area contributed by atoms with Crippen molar-refractivity contribution in [1.29, 1.82) is 0 Å². The normalized spacial score (nSPS) is 29.8. The van der Waals surface area contributed by atoms with E-state index in [-0.39, 0.29) is 17.7 Å². The van der Waals surface area contributed by atoms with Gasteiger partial charge >= 0.3 is 0 Å². The molecule has 0 amide bonds. The molecule has 0 aromatic heterocycles. The van der Waals surface area contributed by atoms with E-state index in [2.05, 4.69) is 0 Å². The fourth-order valence-corrected chi connectivity index (χ4v) is 7.05. The van der Waals surface area contributed by atoms with E-state index >= 15 is 0 Å². The summed E-state index contributed by atoms with van der Waals surface area (Å²) in [5, 5.41) is -0.864. The summed E-state index contributed by atoms with van der Waals surface area (Å²) in [4.78, 5) is 12.0. The van der Waals surface area contributed by atoms with Gasteiger partial charge in [0.25, 0.3) is 0 Å². The molecule has 0 radical (unpaired) electrons. The number of sulfone groups is 1.